The SMILES string of the molecule is CN=C(NCCS(=O)Cc1ccccc1)NC1CCN(C(=O)C2CCCCC2)C1. The van der Waals surface area contributed by atoms with Crippen molar-refractivity contribution in [2.24, 2.45) is 10.9 Å². The zero-order valence-corrected chi connectivity index (χ0v) is 18.3. The van der Waals surface area contributed by atoms with E-state index in [2.05, 4.69) is 15.6 Å². The summed E-state index contributed by atoms with van der Waals surface area (Å²) in [6.07, 6.45) is 6.70. The van der Waals surface area contributed by atoms with Crippen LogP contribution in [0.25, 0.3) is 0 Å². The van der Waals surface area contributed by atoms with E-state index < -0.39 is 10.8 Å². The molecular formula is C22H34N4O2S. The fourth-order valence-electron chi connectivity index (χ4n) is 4.19. The third-order valence-electron chi connectivity index (χ3n) is 5.81. The number of hydrogen-bond donors (Lipinski definition) is 2. The number of aliphatic imine (C=N–C) groups is 1. The third kappa shape index (κ3) is 6.84. The van der Waals surface area contributed by atoms with Crippen molar-refractivity contribution in [3.8, 4) is 0 Å². The van der Waals surface area contributed by atoms with Gasteiger partial charge in [-0.05, 0) is 24.8 Å². The van der Waals surface area contributed by atoms with Crippen LogP contribution in [0, 0.1) is 5.92 Å². The fourth-order valence-corrected chi connectivity index (χ4v) is 5.23. The highest BCUT2D eigenvalue weighted by molar-refractivity contribution is 7.84. The van der Waals surface area contributed by atoms with Crippen LogP contribution in [0.15, 0.2) is 35.3 Å². The molecule has 1 aliphatic carbocycles. The lowest BCUT2D eigenvalue weighted by molar-refractivity contribution is -0.135. The average molecular weight is 419 g/mol. The zero-order valence-electron chi connectivity index (χ0n) is 17.4. The molecule has 0 spiro atoms. The second kappa shape index (κ2) is 11.3. The van der Waals surface area contributed by atoms with Gasteiger partial charge in [-0.25, -0.2) is 0 Å². The Hall–Kier alpha value is -1.89. The number of guanidine groups is 1. The molecule has 6 nitrogen and oxygen atoms in total. The summed E-state index contributed by atoms with van der Waals surface area (Å²) >= 11 is 0. The summed E-state index contributed by atoms with van der Waals surface area (Å²) in [7, 11) is 0.840. The maximum atomic E-state index is 12.7. The van der Waals surface area contributed by atoms with Gasteiger partial charge in [0.25, 0.3) is 0 Å². The summed E-state index contributed by atoms with van der Waals surface area (Å²) in [4.78, 5) is 19.0. The number of benzene rings is 1. The topological polar surface area (TPSA) is 73.8 Å². The Morgan fingerprint density at radius 2 is 1.93 bits per heavy atom. The van der Waals surface area contributed by atoms with E-state index in [1.54, 1.807) is 7.05 Å². The lowest BCUT2D eigenvalue weighted by atomic mass is 9.88. The van der Waals surface area contributed by atoms with Crippen LogP contribution in [-0.4, -0.2) is 59.5 Å². The van der Waals surface area contributed by atoms with Crippen LogP contribution in [0.2, 0.25) is 0 Å². The van der Waals surface area contributed by atoms with E-state index >= 15 is 0 Å². The molecule has 2 aliphatic rings. The second-order valence-corrected chi connectivity index (χ2v) is 9.60. The summed E-state index contributed by atoms with van der Waals surface area (Å²) in [5.74, 6) is 2.45. The number of nitrogens with one attached hydrogen (secondary N) is 2. The molecule has 0 aromatic heterocycles. The summed E-state index contributed by atoms with van der Waals surface area (Å²) in [5, 5.41) is 6.69. The molecule has 0 bridgehead atoms. The molecule has 1 saturated heterocycles. The van der Waals surface area contributed by atoms with Crippen molar-refractivity contribution in [1.29, 1.82) is 0 Å². The molecule has 2 fully saturated rings. The smallest absolute Gasteiger partial charge is 0.225 e. The lowest BCUT2D eigenvalue weighted by Gasteiger charge is -2.26. The minimum atomic E-state index is -0.906. The fraction of sp³-hybridized carbons (Fsp3) is 0.636. The first-order valence-electron chi connectivity index (χ1n) is 10.8. The van der Waals surface area contributed by atoms with Gasteiger partial charge in [-0.3, -0.25) is 14.0 Å². The Morgan fingerprint density at radius 3 is 2.66 bits per heavy atom. The van der Waals surface area contributed by atoms with E-state index in [4.69, 9.17) is 0 Å². The third-order valence-corrected chi connectivity index (χ3v) is 7.13. The molecular weight excluding hydrogens is 384 g/mol. The van der Waals surface area contributed by atoms with Gasteiger partial charge in [0.2, 0.25) is 5.91 Å². The molecule has 1 amide bonds. The van der Waals surface area contributed by atoms with Gasteiger partial charge in [0.1, 0.15) is 0 Å². The lowest BCUT2D eigenvalue weighted by Crippen LogP contribution is -2.46. The molecule has 1 saturated carbocycles. The molecule has 7 heteroatoms. The van der Waals surface area contributed by atoms with E-state index in [1.807, 2.05) is 35.2 Å². The molecule has 2 atom stereocenters. The predicted molar refractivity (Wildman–Crippen MR) is 119 cm³/mol. The van der Waals surface area contributed by atoms with Crippen molar-refractivity contribution in [2.75, 3.05) is 32.4 Å². The largest absolute Gasteiger partial charge is 0.355 e. The van der Waals surface area contributed by atoms with Crippen molar-refractivity contribution in [3.05, 3.63) is 35.9 Å². The van der Waals surface area contributed by atoms with E-state index in [9.17, 15) is 9.00 Å². The number of hydrogen-bond acceptors (Lipinski definition) is 3. The minimum Gasteiger partial charge on any atom is -0.355 e. The molecule has 1 heterocycles. The number of likely N-dealkylation sites (tertiary alicyclic amines) is 1. The molecule has 3 rings (SSSR count). The van der Waals surface area contributed by atoms with Crippen molar-refractivity contribution in [1.82, 2.24) is 15.5 Å². The van der Waals surface area contributed by atoms with Crippen LogP contribution in [0.4, 0.5) is 0 Å². The Morgan fingerprint density at radius 1 is 1.17 bits per heavy atom. The number of carbonyl (C=O) groups excluding carboxylic acids is 1. The highest BCUT2D eigenvalue weighted by Crippen LogP contribution is 2.26. The van der Waals surface area contributed by atoms with Crippen LogP contribution in [-0.2, 0) is 21.3 Å². The predicted octanol–water partition coefficient (Wildman–Crippen LogP) is 2.28. The minimum absolute atomic E-state index is 0.226. The quantitative estimate of drug-likeness (QED) is 0.526. The van der Waals surface area contributed by atoms with Crippen LogP contribution < -0.4 is 10.6 Å². The number of carbonyl (C=O) groups is 1. The van der Waals surface area contributed by atoms with Crippen LogP contribution >= 0.6 is 0 Å². The number of amides is 1. The Kier molecular flexibility index (Phi) is 8.52. The summed E-state index contributed by atoms with van der Waals surface area (Å²) in [6, 6.07) is 10.2. The van der Waals surface area contributed by atoms with Gasteiger partial charge < -0.3 is 15.5 Å². The first-order chi connectivity index (χ1) is 14.2. The van der Waals surface area contributed by atoms with E-state index in [0.29, 0.717) is 24.0 Å². The van der Waals surface area contributed by atoms with Crippen molar-refractivity contribution >= 4 is 22.7 Å². The van der Waals surface area contributed by atoms with Crippen LogP contribution in [0.3, 0.4) is 0 Å². The van der Waals surface area contributed by atoms with Crippen molar-refractivity contribution < 1.29 is 9.00 Å². The Balaban J connectivity index is 1.36. The Labute approximate surface area is 177 Å². The molecule has 2 N–H and O–H groups in total. The normalized spacial score (nSPS) is 21.8. The molecule has 1 aromatic carbocycles. The number of nitrogens with zero attached hydrogens (tertiary/aromatic N) is 2. The summed E-state index contributed by atoms with van der Waals surface area (Å²) < 4.78 is 12.3. The van der Waals surface area contributed by atoms with Gasteiger partial charge in [0.05, 0.1) is 0 Å². The van der Waals surface area contributed by atoms with E-state index in [1.165, 1.54) is 19.3 Å². The maximum absolute atomic E-state index is 12.7. The van der Waals surface area contributed by atoms with E-state index in [0.717, 1.165) is 43.9 Å². The molecule has 1 aliphatic heterocycles. The highest BCUT2D eigenvalue weighted by atomic mass is 32.2. The van der Waals surface area contributed by atoms with Gasteiger partial charge >= 0.3 is 0 Å². The standard InChI is InChI=1S/C22H34N4O2S/c1-23-22(24-13-15-29(28)17-18-8-4-2-5-9-18)25-20-12-14-26(16-20)21(27)19-10-6-3-7-11-19/h2,4-5,8-9,19-20H,3,6-7,10-17H2,1H3,(H2,23,24,25). The van der Waals surface area contributed by atoms with Crippen molar-refractivity contribution in [2.45, 2.75) is 50.3 Å². The van der Waals surface area contributed by atoms with Crippen LogP contribution in [0.1, 0.15) is 44.1 Å². The maximum Gasteiger partial charge on any atom is 0.225 e. The number of rotatable bonds is 7. The first kappa shape index (κ1) is 21.8. The zero-order chi connectivity index (χ0) is 20.5. The summed E-state index contributed by atoms with van der Waals surface area (Å²) in [5.41, 5.74) is 1.10. The van der Waals surface area contributed by atoms with E-state index in [-0.39, 0.29) is 12.0 Å². The van der Waals surface area contributed by atoms with Gasteiger partial charge in [-0.1, -0.05) is 49.6 Å². The molecule has 160 valence electrons. The van der Waals surface area contributed by atoms with Gasteiger partial charge in [0.15, 0.2) is 5.96 Å². The second-order valence-electron chi connectivity index (χ2n) is 8.02. The first-order valence-corrected chi connectivity index (χ1v) is 12.3. The highest BCUT2D eigenvalue weighted by Gasteiger charge is 2.31. The molecule has 2 unspecified atom stereocenters. The summed E-state index contributed by atoms with van der Waals surface area (Å²) in [6.45, 7) is 2.18. The Bertz CT molecular complexity index is 704. The molecule has 0 radical (unpaired) electrons. The molecule has 29 heavy (non-hydrogen) atoms. The van der Waals surface area contributed by atoms with Gasteiger partial charge in [-0.15, -0.1) is 0 Å². The monoisotopic (exact) mass is 418 g/mol. The molecule has 1 aromatic rings. The average Bonchev–Trinajstić information content (AvgIpc) is 3.22. The van der Waals surface area contributed by atoms with Gasteiger partial charge in [-0.2, -0.15) is 0 Å². The van der Waals surface area contributed by atoms with Gasteiger partial charge in [0, 0.05) is 60.9 Å². The van der Waals surface area contributed by atoms with Crippen LogP contribution in [0.5, 0.6) is 0 Å². The van der Waals surface area contributed by atoms with Crippen molar-refractivity contribution in [3.63, 3.8) is 0 Å².